The molecule has 2 aromatic rings. The minimum Gasteiger partial charge on any atom is -0.493 e. The highest BCUT2D eigenvalue weighted by molar-refractivity contribution is 6.31. The van der Waals surface area contributed by atoms with Gasteiger partial charge in [-0.1, -0.05) is 11.6 Å². The van der Waals surface area contributed by atoms with Crippen LogP contribution in [0.1, 0.15) is 12.8 Å². The molecule has 1 saturated carbocycles. The van der Waals surface area contributed by atoms with Crippen molar-refractivity contribution in [2.45, 2.75) is 12.8 Å². The molecule has 19 heavy (non-hydrogen) atoms. The van der Waals surface area contributed by atoms with Crippen molar-refractivity contribution in [3.8, 4) is 16.9 Å². The van der Waals surface area contributed by atoms with E-state index in [2.05, 4.69) is 5.10 Å². The van der Waals surface area contributed by atoms with Crippen molar-refractivity contribution in [1.82, 2.24) is 9.78 Å². The van der Waals surface area contributed by atoms with Crippen LogP contribution in [-0.2, 0) is 7.05 Å². The van der Waals surface area contributed by atoms with Gasteiger partial charge in [0, 0.05) is 23.2 Å². The maximum atomic E-state index is 6.08. The van der Waals surface area contributed by atoms with Crippen molar-refractivity contribution in [2.75, 3.05) is 12.3 Å². The number of hydrogen-bond donors (Lipinski definition) is 1. The summed E-state index contributed by atoms with van der Waals surface area (Å²) in [6.07, 6.45) is 4.26. The fourth-order valence-electron chi connectivity index (χ4n) is 1.99. The van der Waals surface area contributed by atoms with Gasteiger partial charge in [-0.2, -0.15) is 5.10 Å². The van der Waals surface area contributed by atoms with Crippen molar-refractivity contribution in [3.63, 3.8) is 0 Å². The van der Waals surface area contributed by atoms with E-state index in [0.29, 0.717) is 16.8 Å². The quantitative estimate of drug-likeness (QED) is 0.934. The van der Waals surface area contributed by atoms with Crippen LogP contribution in [0.2, 0.25) is 5.02 Å². The number of nitrogens with zero attached hydrogens (tertiary/aromatic N) is 2. The van der Waals surface area contributed by atoms with Crippen LogP contribution in [0, 0.1) is 5.92 Å². The summed E-state index contributed by atoms with van der Waals surface area (Å²) in [4.78, 5) is 0. The molecule has 1 aromatic heterocycles. The number of anilines is 1. The molecule has 1 aromatic carbocycles. The van der Waals surface area contributed by atoms with Crippen molar-refractivity contribution in [3.05, 3.63) is 29.4 Å². The molecule has 0 atom stereocenters. The summed E-state index contributed by atoms with van der Waals surface area (Å²) in [5.74, 6) is 2.13. The second kappa shape index (κ2) is 4.78. The van der Waals surface area contributed by atoms with Crippen LogP contribution in [0.3, 0.4) is 0 Å². The molecule has 0 saturated heterocycles. The van der Waals surface area contributed by atoms with Gasteiger partial charge >= 0.3 is 0 Å². The Balaban J connectivity index is 1.97. The Morgan fingerprint density at radius 2 is 2.21 bits per heavy atom. The van der Waals surface area contributed by atoms with Crippen LogP contribution in [0.4, 0.5) is 5.82 Å². The molecule has 1 fully saturated rings. The Morgan fingerprint density at radius 1 is 1.42 bits per heavy atom. The molecule has 0 aliphatic heterocycles. The zero-order chi connectivity index (χ0) is 13.4. The topological polar surface area (TPSA) is 53.1 Å². The van der Waals surface area contributed by atoms with E-state index >= 15 is 0 Å². The highest BCUT2D eigenvalue weighted by atomic mass is 35.5. The molecule has 0 spiro atoms. The lowest BCUT2D eigenvalue weighted by atomic mass is 10.1. The predicted octanol–water partition coefficient (Wildman–Crippen LogP) is 3.11. The van der Waals surface area contributed by atoms with Crippen molar-refractivity contribution in [1.29, 1.82) is 0 Å². The van der Waals surface area contributed by atoms with Crippen molar-refractivity contribution in [2.24, 2.45) is 13.0 Å². The van der Waals surface area contributed by atoms with Crippen LogP contribution < -0.4 is 10.5 Å². The predicted molar refractivity (Wildman–Crippen MR) is 76.3 cm³/mol. The molecule has 3 rings (SSSR count). The fraction of sp³-hybridized carbons (Fsp3) is 0.357. The molecule has 1 aliphatic carbocycles. The van der Waals surface area contributed by atoms with E-state index in [1.165, 1.54) is 12.8 Å². The van der Waals surface area contributed by atoms with Gasteiger partial charge in [0.25, 0.3) is 0 Å². The third kappa shape index (κ3) is 2.54. The van der Waals surface area contributed by atoms with Gasteiger partial charge < -0.3 is 10.5 Å². The van der Waals surface area contributed by atoms with E-state index in [4.69, 9.17) is 22.1 Å². The van der Waals surface area contributed by atoms with E-state index < -0.39 is 0 Å². The Kier molecular flexibility index (Phi) is 3.11. The molecule has 5 heteroatoms. The monoisotopic (exact) mass is 277 g/mol. The SMILES string of the molecule is Cn1ncc(-c2cc(Cl)ccc2OCC2CC2)c1N. The van der Waals surface area contributed by atoms with Crippen LogP contribution >= 0.6 is 11.6 Å². The van der Waals surface area contributed by atoms with Gasteiger partial charge in [0.15, 0.2) is 0 Å². The molecule has 100 valence electrons. The molecule has 1 heterocycles. The second-order valence-corrected chi connectivity index (χ2v) is 5.40. The normalized spacial score (nSPS) is 14.6. The molecule has 0 radical (unpaired) electrons. The first-order valence-corrected chi connectivity index (χ1v) is 6.73. The molecule has 2 N–H and O–H groups in total. The summed E-state index contributed by atoms with van der Waals surface area (Å²) in [7, 11) is 1.81. The van der Waals surface area contributed by atoms with Gasteiger partial charge in [0.05, 0.1) is 12.8 Å². The number of aryl methyl sites for hydroxylation is 1. The van der Waals surface area contributed by atoms with Crippen LogP contribution in [0.15, 0.2) is 24.4 Å². The number of ether oxygens (including phenoxy) is 1. The molecule has 4 nitrogen and oxygen atoms in total. The van der Waals surface area contributed by atoms with Crippen LogP contribution in [0.5, 0.6) is 5.75 Å². The van der Waals surface area contributed by atoms with Gasteiger partial charge in [-0.3, -0.25) is 4.68 Å². The van der Waals surface area contributed by atoms with Crippen molar-refractivity contribution < 1.29 is 4.74 Å². The number of nitrogens with two attached hydrogens (primary N) is 1. The molecule has 0 amide bonds. The van der Waals surface area contributed by atoms with Gasteiger partial charge in [0.1, 0.15) is 11.6 Å². The van der Waals surface area contributed by atoms with Gasteiger partial charge in [-0.25, -0.2) is 0 Å². The minimum absolute atomic E-state index is 0.610. The summed E-state index contributed by atoms with van der Waals surface area (Å²) >= 11 is 6.08. The van der Waals surface area contributed by atoms with Crippen LogP contribution in [0.25, 0.3) is 11.1 Å². The van der Waals surface area contributed by atoms with Crippen molar-refractivity contribution >= 4 is 17.4 Å². The summed E-state index contributed by atoms with van der Waals surface area (Å²) in [6, 6.07) is 5.60. The maximum absolute atomic E-state index is 6.08. The highest BCUT2D eigenvalue weighted by Crippen LogP contribution is 2.37. The first-order valence-electron chi connectivity index (χ1n) is 6.35. The average molecular weight is 278 g/mol. The second-order valence-electron chi connectivity index (χ2n) is 4.96. The molecule has 1 aliphatic rings. The number of benzene rings is 1. The summed E-state index contributed by atoms with van der Waals surface area (Å²) in [6.45, 7) is 0.759. The Labute approximate surface area is 117 Å². The zero-order valence-electron chi connectivity index (χ0n) is 10.8. The smallest absolute Gasteiger partial charge is 0.129 e. The Bertz CT molecular complexity index is 605. The largest absolute Gasteiger partial charge is 0.493 e. The summed E-state index contributed by atoms with van der Waals surface area (Å²) in [5.41, 5.74) is 7.78. The lowest BCUT2D eigenvalue weighted by molar-refractivity contribution is 0.301. The summed E-state index contributed by atoms with van der Waals surface area (Å²) < 4.78 is 7.52. The third-order valence-electron chi connectivity index (χ3n) is 3.39. The first kappa shape index (κ1) is 12.4. The zero-order valence-corrected chi connectivity index (χ0v) is 11.5. The van der Waals surface area contributed by atoms with E-state index in [1.54, 1.807) is 10.9 Å². The number of rotatable bonds is 4. The van der Waals surface area contributed by atoms with Crippen LogP contribution in [-0.4, -0.2) is 16.4 Å². The number of hydrogen-bond acceptors (Lipinski definition) is 3. The molecule has 0 bridgehead atoms. The van der Waals surface area contributed by atoms with Gasteiger partial charge in [-0.15, -0.1) is 0 Å². The molecule has 0 unspecified atom stereocenters. The lowest BCUT2D eigenvalue weighted by Crippen LogP contribution is -2.01. The van der Waals surface area contributed by atoms with Gasteiger partial charge in [-0.05, 0) is 37.0 Å². The number of halogens is 1. The number of aromatic nitrogens is 2. The highest BCUT2D eigenvalue weighted by Gasteiger charge is 2.23. The van der Waals surface area contributed by atoms with E-state index in [0.717, 1.165) is 23.5 Å². The number of nitrogen functional groups attached to an aromatic ring is 1. The fourth-order valence-corrected chi connectivity index (χ4v) is 2.16. The summed E-state index contributed by atoms with van der Waals surface area (Å²) in [5, 5.41) is 4.83. The molecular formula is C14H16ClN3O. The first-order chi connectivity index (χ1) is 9.15. The maximum Gasteiger partial charge on any atom is 0.129 e. The van der Waals surface area contributed by atoms with Gasteiger partial charge in [0.2, 0.25) is 0 Å². The van der Waals surface area contributed by atoms with E-state index in [9.17, 15) is 0 Å². The Hall–Kier alpha value is -1.68. The average Bonchev–Trinajstić information content (AvgIpc) is 3.16. The van der Waals surface area contributed by atoms with E-state index in [1.807, 2.05) is 25.2 Å². The standard InChI is InChI=1S/C14H16ClN3O/c1-18-14(16)12(7-17-18)11-6-10(15)4-5-13(11)19-8-9-2-3-9/h4-7,9H,2-3,8,16H2,1H3. The third-order valence-corrected chi connectivity index (χ3v) is 3.62. The Morgan fingerprint density at radius 3 is 2.84 bits per heavy atom. The molecular weight excluding hydrogens is 262 g/mol. The minimum atomic E-state index is 0.610. The van der Waals surface area contributed by atoms with E-state index in [-0.39, 0.29) is 0 Å². The lowest BCUT2D eigenvalue weighted by Gasteiger charge is -2.11.